The molecule has 1 aliphatic heterocycles. The van der Waals surface area contributed by atoms with E-state index in [1.54, 1.807) is 11.0 Å². The van der Waals surface area contributed by atoms with Crippen LogP contribution in [-0.2, 0) is 16.3 Å². The summed E-state index contributed by atoms with van der Waals surface area (Å²) in [7, 11) is -3.06. The van der Waals surface area contributed by atoms with Crippen LogP contribution in [-0.4, -0.2) is 53.3 Å². The highest BCUT2D eigenvalue weighted by atomic mass is 32.2. The summed E-state index contributed by atoms with van der Waals surface area (Å²) in [5, 5.41) is 3.10. The summed E-state index contributed by atoms with van der Waals surface area (Å²) in [5.41, 5.74) is 2.32. The minimum Gasteiger partial charge on any atom is -0.334 e. The molecular weight excluding hydrogens is 364 g/mol. The van der Waals surface area contributed by atoms with Gasteiger partial charge in [-0.2, -0.15) is 0 Å². The third-order valence-electron chi connectivity index (χ3n) is 4.74. The summed E-state index contributed by atoms with van der Waals surface area (Å²) >= 11 is 0. The van der Waals surface area contributed by atoms with Crippen LogP contribution >= 0.6 is 0 Å². The molecule has 1 amide bonds. The lowest BCUT2D eigenvalue weighted by atomic mass is 10.1. The number of sulfone groups is 1. The third-order valence-corrected chi connectivity index (χ3v) is 6.49. The Morgan fingerprint density at radius 2 is 1.96 bits per heavy atom. The number of benzene rings is 1. The van der Waals surface area contributed by atoms with Crippen LogP contribution in [0.2, 0.25) is 0 Å². The standard InChI is InChI=1S/C19H24N4O3S/c1-3-14-5-7-15(8-6-14)21-19-20-11-9-17(22-19)18(24)23(4-2)16-10-12-27(25,26)13-16/h5-9,11,16H,3-4,10,12-13H2,1-2H3,(H,20,21,22). The van der Waals surface area contributed by atoms with Gasteiger partial charge >= 0.3 is 0 Å². The summed E-state index contributed by atoms with van der Waals surface area (Å²) < 4.78 is 23.5. The third kappa shape index (κ3) is 4.63. The number of carbonyl (C=O) groups excluding carboxylic acids is 1. The molecule has 3 rings (SSSR count). The molecule has 7 nitrogen and oxygen atoms in total. The van der Waals surface area contributed by atoms with Crippen LogP contribution < -0.4 is 5.32 Å². The van der Waals surface area contributed by atoms with E-state index in [-0.39, 0.29) is 29.1 Å². The number of amides is 1. The fourth-order valence-electron chi connectivity index (χ4n) is 3.23. The minimum atomic E-state index is -3.06. The van der Waals surface area contributed by atoms with Gasteiger partial charge in [0, 0.05) is 24.5 Å². The molecule has 2 aromatic rings. The number of hydrogen-bond donors (Lipinski definition) is 1. The summed E-state index contributed by atoms with van der Waals surface area (Å²) in [6.07, 6.45) is 2.97. The first-order chi connectivity index (χ1) is 12.9. The van der Waals surface area contributed by atoms with Crippen LogP contribution in [0.3, 0.4) is 0 Å². The zero-order chi connectivity index (χ0) is 19.4. The SMILES string of the molecule is CCc1ccc(Nc2nccc(C(=O)N(CC)C3CCS(=O)(=O)C3)n2)cc1. The Labute approximate surface area is 159 Å². The Kier molecular flexibility index (Phi) is 5.74. The molecule has 0 bridgehead atoms. The van der Waals surface area contributed by atoms with Crippen LogP contribution in [0.5, 0.6) is 0 Å². The van der Waals surface area contributed by atoms with E-state index >= 15 is 0 Å². The summed E-state index contributed by atoms with van der Waals surface area (Å²) in [4.78, 5) is 23.0. The van der Waals surface area contributed by atoms with Crippen molar-refractivity contribution in [2.24, 2.45) is 0 Å². The van der Waals surface area contributed by atoms with E-state index in [9.17, 15) is 13.2 Å². The molecule has 8 heteroatoms. The normalized spacial score (nSPS) is 18.2. The topological polar surface area (TPSA) is 92.3 Å². The zero-order valence-corrected chi connectivity index (χ0v) is 16.4. The number of hydrogen-bond acceptors (Lipinski definition) is 6. The van der Waals surface area contributed by atoms with Crippen molar-refractivity contribution >= 4 is 27.4 Å². The van der Waals surface area contributed by atoms with E-state index in [1.165, 1.54) is 11.8 Å². The van der Waals surface area contributed by atoms with Gasteiger partial charge in [0.2, 0.25) is 5.95 Å². The van der Waals surface area contributed by atoms with Gasteiger partial charge in [0.25, 0.3) is 5.91 Å². The Hall–Kier alpha value is -2.48. The maximum atomic E-state index is 12.9. The first-order valence-corrected chi connectivity index (χ1v) is 10.9. The Morgan fingerprint density at radius 3 is 2.56 bits per heavy atom. The highest BCUT2D eigenvalue weighted by molar-refractivity contribution is 7.91. The van der Waals surface area contributed by atoms with Gasteiger partial charge in [0.1, 0.15) is 5.69 Å². The quantitative estimate of drug-likeness (QED) is 0.817. The van der Waals surface area contributed by atoms with Crippen molar-refractivity contribution in [2.75, 3.05) is 23.4 Å². The number of anilines is 2. The van der Waals surface area contributed by atoms with Crippen molar-refractivity contribution in [1.29, 1.82) is 0 Å². The first-order valence-electron chi connectivity index (χ1n) is 9.12. The number of aromatic nitrogens is 2. The van der Waals surface area contributed by atoms with E-state index in [0.717, 1.165) is 12.1 Å². The molecule has 1 N–H and O–H groups in total. The van der Waals surface area contributed by atoms with E-state index in [1.807, 2.05) is 31.2 Å². The molecule has 0 radical (unpaired) electrons. The number of rotatable bonds is 6. The second kappa shape index (κ2) is 8.04. The van der Waals surface area contributed by atoms with Crippen LogP contribution in [0.4, 0.5) is 11.6 Å². The van der Waals surface area contributed by atoms with Gasteiger partial charge in [-0.15, -0.1) is 0 Å². The van der Waals surface area contributed by atoms with Gasteiger partial charge in [-0.25, -0.2) is 18.4 Å². The number of nitrogens with one attached hydrogen (secondary N) is 1. The highest BCUT2D eigenvalue weighted by Crippen LogP contribution is 2.20. The molecular formula is C19H24N4O3S. The van der Waals surface area contributed by atoms with Gasteiger partial charge in [-0.05, 0) is 43.5 Å². The van der Waals surface area contributed by atoms with Crippen molar-refractivity contribution < 1.29 is 13.2 Å². The number of aryl methyl sites for hydroxylation is 1. The zero-order valence-electron chi connectivity index (χ0n) is 15.6. The molecule has 27 heavy (non-hydrogen) atoms. The van der Waals surface area contributed by atoms with E-state index in [0.29, 0.717) is 18.9 Å². The summed E-state index contributed by atoms with van der Waals surface area (Å²) in [6, 6.07) is 9.20. The maximum Gasteiger partial charge on any atom is 0.272 e. The molecule has 2 heterocycles. The summed E-state index contributed by atoms with van der Waals surface area (Å²) in [6.45, 7) is 4.37. The van der Waals surface area contributed by atoms with Crippen LogP contribution in [0, 0.1) is 0 Å². The molecule has 0 spiro atoms. The van der Waals surface area contributed by atoms with Crippen molar-refractivity contribution in [3.05, 3.63) is 47.8 Å². The Morgan fingerprint density at radius 1 is 1.22 bits per heavy atom. The Balaban J connectivity index is 1.76. The smallest absolute Gasteiger partial charge is 0.272 e. The van der Waals surface area contributed by atoms with E-state index < -0.39 is 9.84 Å². The van der Waals surface area contributed by atoms with Gasteiger partial charge in [0.05, 0.1) is 11.5 Å². The van der Waals surface area contributed by atoms with Crippen LogP contribution in [0.15, 0.2) is 36.5 Å². The molecule has 1 fully saturated rings. The average molecular weight is 388 g/mol. The Bertz CT molecular complexity index is 913. The van der Waals surface area contributed by atoms with Gasteiger partial charge in [-0.3, -0.25) is 4.79 Å². The molecule has 1 unspecified atom stereocenters. The molecule has 0 saturated carbocycles. The lowest BCUT2D eigenvalue weighted by Gasteiger charge is -2.26. The van der Waals surface area contributed by atoms with Crippen molar-refractivity contribution in [2.45, 2.75) is 32.7 Å². The monoisotopic (exact) mass is 388 g/mol. The molecule has 1 saturated heterocycles. The average Bonchev–Trinajstić information content (AvgIpc) is 3.02. The fourth-order valence-corrected chi connectivity index (χ4v) is 4.96. The van der Waals surface area contributed by atoms with Crippen molar-refractivity contribution in [1.82, 2.24) is 14.9 Å². The largest absolute Gasteiger partial charge is 0.334 e. The van der Waals surface area contributed by atoms with Gasteiger partial charge in [0.15, 0.2) is 9.84 Å². The van der Waals surface area contributed by atoms with Gasteiger partial charge in [-0.1, -0.05) is 19.1 Å². The molecule has 1 aromatic heterocycles. The van der Waals surface area contributed by atoms with Crippen molar-refractivity contribution in [3.8, 4) is 0 Å². The first kappa shape index (κ1) is 19.3. The molecule has 1 atom stereocenters. The lowest BCUT2D eigenvalue weighted by Crippen LogP contribution is -2.41. The summed E-state index contributed by atoms with van der Waals surface area (Å²) in [5.74, 6) is 0.213. The fraction of sp³-hybridized carbons (Fsp3) is 0.421. The predicted octanol–water partition coefficient (Wildman–Crippen LogP) is 2.43. The molecule has 1 aromatic carbocycles. The molecule has 0 aliphatic carbocycles. The van der Waals surface area contributed by atoms with E-state index in [4.69, 9.17) is 0 Å². The molecule has 1 aliphatic rings. The van der Waals surface area contributed by atoms with Crippen LogP contribution in [0.25, 0.3) is 0 Å². The second-order valence-corrected chi connectivity index (χ2v) is 8.82. The van der Waals surface area contributed by atoms with Crippen LogP contribution in [0.1, 0.15) is 36.3 Å². The van der Waals surface area contributed by atoms with E-state index in [2.05, 4.69) is 22.2 Å². The highest BCUT2D eigenvalue weighted by Gasteiger charge is 2.34. The second-order valence-electron chi connectivity index (χ2n) is 6.59. The minimum absolute atomic E-state index is 0.0204. The molecule has 144 valence electrons. The number of carbonyl (C=O) groups is 1. The predicted molar refractivity (Wildman–Crippen MR) is 105 cm³/mol. The maximum absolute atomic E-state index is 12.9. The lowest BCUT2D eigenvalue weighted by molar-refractivity contribution is 0.0702. The van der Waals surface area contributed by atoms with Gasteiger partial charge < -0.3 is 10.2 Å². The van der Waals surface area contributed by atoms with Crippen molar-refractivity contribution in [3.63, 3.8) is 0 Å². The number of nitrogens with zero attached hydrogens (tertiary/aromatic N) is 3.